The topological polar surface area (TPSA) is 58.2 Å². The molecule has 4 nitrogen and oxygen atoms in total. The fourth-order valence-corrected chi connectivity index (χ4v) is 3.61. The average Bonchev–Trinajstić information content (AvgIpc) is 2.51. The molecule has 2 aromatic rings. The second kappa shape index (κ2) is 6.64. The normalized spacial score (nSPS) is 16.4. The van der Waals surface area contributed by atoms with E-state index in [9.17, 15) is 9.59 Å². The predicted molar refractivity (Wildman–Crippen MR) is 94.2 cm³/mol. The van der Waals surface area contributed by atoms with E-state index < -0.39 is 5.25 Å². The summed E-state index contributed by atoms with van der Waals surface area (Å²) >= 11 is 7.36. The highest BCUT2D eigenvalue weighted by atomic mass is 35.5. The molecule has 1 aliphatic heterocycles. The molecular formula is C17H15ClN2O2S. The minimum absolute atomic E-state index is 0.108. The van der Waals surface area contributed by atoms with Crippen LogP contribution >= 0.6 is 23.4 Å². The van der Waals surface area contributed by atoms with Gasteiger partial charge in [-0.2, -0.15) is 0 Å². The van der Waals surface area contributed by atoms with E-state index in [-0.39, 0.29) is 18.2 Å². The molecule has 2 amide bonds. The fraction of sp³-hybridized carbons (Fsp3) is 0.176. The Labute approximate surface area is 143 Å². The van der Waals surface area contributed by atoms with Gasteiger partial charge < -0.3 is 10.6 Å². The Balaban J connectivity index is 1.69. The second-order valence-electron chi connectivity index (χ2n) is 5.30. The summed E-state index contributed by atoms with van der Waals surface area (Å²) in [6.45, 7) is 1.89. The molecular weight excluding hydrogens is 332 g/mol. The van der Waals surface area contributed by atoms with Gasteiger partial charge in [-0.1, -0.05) is 29.8 Å². The highest BCUT2D eigenvalue weighted by molar-refractivity contribution is 8.01. The molecule has 1 aliphatic rings. The number of nitrogens with one attached hydrogen (secondary N) is 2. The molecule has 0 bridgehead atoms. The van der Waals surface area contributed by atoms with Crippen molar-refractivity contribution in [3.63, 3.8) is 0 Å². The molecule has 0 saturated heterocycles. The van der Waals surface area contributed by atoms with E-state index in [0.29, 0.717) is 10.7 Å². The van der Waals surface area contributed by atoms with Crippen LogP contribution in [0.5, 0.6) is 0 Å². The number of carbonyl (C=O) groups excluding carboxylic acids is 2. The molecule has 0 radical (unpaired) electrons. The Bertz CT molecular complexity index is 779. The number of rotatable bonds is 3. The van der Waals surface area contributed by atoms with Crippen LogP contribution in [0, 0.1) is 6.92 Å². The van der Waals surface area contributed by atoms with Gasteiger partial charge in [-0.05, 0) is 36.8 Å². The van der Waals surface area contributed by atoms with Crippen molar-refractivity contribution in [2.75, 3.05) is 10.6 Å². The third-order valence-corrected chi connectivity index (χ3v) is 5.06. The first-order valence-electron chi connectivity index (χ1n) is 7.15. The molecule has 2 aromatic carbocycles. The van der Waals surface area contributed by atoms with Crippen LogP contribution in [-0.4, -0.2) is 17.1 Å². The van der Waals surface area contributed by atoms with Gasteiger partial charge in [0, 0.05) is 22.0 Å². The second-order valence-corrected chi connectivity index (χ2v) is 6.98. The molecule has 0 spiro atoms. The number of anilines is 2. The maximum absolute atomic E-state index is 12.3. The van der Waals surface area contributed by atoms with Crippen LogP contribution in [0.4, 0.5) is 11.4 Å². The summed E-state index contributed by atoms with van der Waals surface area (Å²) in [4.78, 5) is 25.4. The van der Waals surface area contributed by atoms with Gasteiger partial charge in [0.1, 0.15) is 0 Å². The zero-order valence-electron chi connectivity index (χ0n) is 12.4. The number of para-hydroxylation sites is 1. The van der Waals surface area contributed by atoms with E-state index in [2.05, 4.69) is 10.6 Å². The van der Waals surface area contributed by atoms with Gasteiger partial charge in [0.2, 0.25) is 11.8 Å². The minimum atomic E-state index is -0.440. The molecule has 23 heavy (non-hydrogen) atoms. The van der Waals surface area contributed by atoms with Crippen molar-refractivity contribution < 1.29 is 9.59 Å². The summed E-state index contributed by atoms with van der Waals surface area (Å²) in [5, 5.41) is 5.78. The highest BCUT2D eigenvalue weighted by Gasteiger charge is 2.28. The van der Waals surface area contributed by atoms with Crippen molar-refractivity contribution in [2.45, 2.75) is 23.5 Å². The van der Waals surface area contributed by atoms with Crippen LogP contribution in [0.3, 0.4) is 0 Å². The van der Waals surface area contributed by atoms with Crippen molar-refractivity contribution in [1.29, 1.82) is 0 Å². The van der Waals surface area contributed by atoms with E-state index in [4.69, 9.17) is 11.6 Å². The highest BCUT2D eigenvalue weighted by Crippen LogP contribution is 2.36. The number of thioether (sulfide) groups is 1. The number of carbonyl (C=O) groups is 2. The molecule has 0 aromatic heterocycles. The number of hydrogen-bond donors (Lipinski definition) is 2. The number of hydrogen-bond acceptors (Lipinski definition) is 3. The van der Waals surface area contributed by atoms with Gasteiger partial charge >= 0.3 is 0 Å². The van der Waals surface area contributed by atoms with Crippen molar-refractivity contribution in [3.8, 4) is 0 Å². The first-order valence-corrected chi connectivity index (χ1v) is 8.41. The van der Waals surface area contributed by atoms with Gasteiger partial charge in [-0.25, -0.2) is 0 Å². The first-order chi connectivity index (χ1) is 11.0. The molecule has 6 heteroatoms. The van der Waals surface area contributed by atoms with Gasteiger partial charge in [0.05, 0.1) is 10.9 Å². The van der Waals surface area contributed by atoms with Gasteiger partial charge in [-0.15, -0.1) is 11.8 Å². The molecule has 0 fully saturated rings. The number of fused-ring (bicyclic) bond motifs is 1. The molecule has 118 valence electrons. The summed E-state index contributed by atoms with van der Waals surface area (Å²) in [7, 11) is 0. The lowest BCUT2D eigenvalue weighted by Crippen LogP contribution is -2.32. The molecule has 1 atom stereocenters. The molecule has 3 rings (SSSR count). The minimum Gasteiger partial charge on any atom is -0.326 e. The van der Waals surface area contributed by atoms with Crippen molar-refractivity contribution in [1.82, 2.24) is 0 Å². The SMILES string of the molecule is Cc1ccc(Cl)cc1NC(=O)C[C@H]1Sc2ccccc2NC1=O. The number of aryl methyl sites for hydroxylation is 1. The third kappa shape index (κ3) is 3.68. The van der Waals surface area contributed by atoms with Crippen LogP contribution in [0.2, 0.25) is 5.02 Å². The summed E-state index contributed by atoms with van der Waals surface area (Å²) in [5.41, 5.74) is 2.39. The zero-order chi connectivity index (χ0) is 16.4. The number of amides is 2. The summed E-state index contributed by atoms with van der Waals surface area (Å²) in [5.74, 6) is -0.353. The van der Waals surface area contributed by atoms with Crippen LogP contribution in [0.1, 0.15) is 12.0 Å². The molecule has 2 N–H and O–H groups in total. The quantitative estimate of drug-likeness (QED) is 0.880. The fourth-order valence-electron chi connectivity index (χ4n) is 2.33. The van der Waals surface area contributed by atoms with Crippen molar-refractivity contribution >= 4 is 46.6 Å². The monoisotopic (exact) mass is 346 g/mol. The van der Waals surface area contributed by atoms with Gasteiger partial charge in [0.15, 0.2) is 0 Å². The standard InChI is InChI=1S/C17H15ClN2O2S/c1-10-6-7-11(18)8-13(10)19-16(21)9-15-17(22)20-12-4-2-3-5-14(12)23-15/h2-8,15H,9H2,1H3,(H,19,21)(H,20,22)/t15-/m1/s1. The summed E-state index contributed by atoms with van der Waals surface area (Å²) in [6, 6.07) is 12.9. The van der Waals surface area contributed by atoms with Crippen LogP contribution in [0.15, 0.2) is 47.4 Å². The molecule has 0 aliphatic carbocycles. The lowest BCUT2D eigenvalue weighted by Gasteiger charge is -2.23. The van der Waals surface area contributed by atoms with E-state index in [1.54, 1.807) is 12.1 Å². The smallest absolute Gasteiger partial charge is 0.238 e. The average molecular weight is 347 g/mol. The maximum Gasteiger partial charge on any atom is 0.238 e. The Kier molecular flexibility index (Phi) is 4.59. The zero-order valence-corrected chi connectivity index (χ0v) is 14.0. The lowest BCUT2D eigenvalue weighted by molar-refractivity contribution is -0.120. The van der Waals surface area contributed by atoms with Crippen LogP contribution < -0.4 is 10.6 Å². The number of halogens is 1. The Morgan fingerprint density at radius 3 is 2.91 bits per heavy atom. The van der Waals surface area contributed by atoms with E-state index in [1.807, 2.05) is 37.3 Å². The lowest BCUT2D eigenvalue weighted by atomic mass is 10.2. The predicted octanol–water partition coefficient (Wildman–Crippen LogP) is 4.09. The van der Waals surface area contributed by atoms with Crippen LogP contribution in [-0.2, 0) is 9.59 Å². The van der Waals surface area contributed by atoms with Gasteiger partial charge in [0.25, 0.3) is 0 Å². The van der Waals surface area contributed by atoms with E-state index in [0.717, 1.165) is 16.1 Å². The van der Waals surface area contributed by atoms with E-state index >= 15 is 0 Å². The summed E-state index contributed by atoms with van der Waals surface area (Å²) in [6.07, 6.45) is 0.108. The Morgan fingerprint density at radius 2 is 2.09 bits per heavy atom. The molecule has 0 saturated carbocycles. The first kappa shape index (κ1) is 15.9. The molecule has 1 heterocycles. The third-order valence-electron chi connectivity index (χ3n) is 3.55. The van der Waals surface area contributed by atoms with Crippen molar-refractivity contribution in [2.24, 2.45) is 0 Å². The van der Waals surface area contributed by atoms with Crippen molar-refractivity contribution in [3.05, 3.63) is 53.1 Å². The van der Waals surface area contributed by atoms with E-state index in [1.165, 1.54) is 11.8 Å². The van der Waals surface area contributed by atoms with Gasteiger partial charge in [-0.3, -0.25) is 9.59 Å². The Morgan fingerprint density at radius 1 is 1.30 bits per heavy atom. The maximum atomic E-state index is 12.3. The molecule has 0 unspecified atom stereocenters. The largest absolute Gasteiger partial charge is 0.326 e. The summed E-state index contributed by atoms with van der Waals surface area (Å²) < 4.78 is 0. The van der Waals surface area contributed by atoms with Crippen LogP contribution in [0.25, 0.3) is 0 Å². The number of benzene rings is 2. The Hall–Kier alpha value is -1.98.